The minimum absolute atomic E-state index is 0.167. The third kappa shape index (κ3) is 1.77. The van der Waals surface area contributed by atoms with Crippen LogP contribution in [0, 0.1) is 5.92 Å². The van der Waals surface area contributed by atoms with Gasteiger partial charge < -0.3 is 5.73 Å². The van der Waals surface area contributed by atoms with Gasteiger partial charge in [0.2, 0.25) is 0 Å². The first kappa shape index (κ1) is 9.21. The van der Waals surface area contributed by atoms with Crippen LogP contribution in [0.1, 0.15) is 18.4 Å². The van der Waals surface area contributed by atoms with Gasteiger partial charge in [-0.3, -0.25) is 14.3 Å². The summed E-state index contributed by atoms with van der Waals surface area (Å²) in [4.78, 5) is 24.8. The Bertz CT molecular complexity index is 442. The summed E-state index contributed by atoms with van der Waals surface area (Å²) in [6.07, 6.45) is 3.91. The Hall–Kier alpha value is -1.36. The third-order valence-corrected chi connectivity index (χ3v) is 2.46. The van der Waals surface area contributed by atoms with E-state index in [1.165, 1.54) is 12.8 Å². The highest BCUT2D eigenvalue weighted by Gasteiger charge is 2.22. The van der Waals surface area contributed by atoms with Crippen molar-refractivity contribution in [2.75, 3.05) is 0 Å². The zero-order valence-corrected chi connectivity index (χ0v) is 7.82. The van der Waals surface area contributed by atoms with E-state index >= 15 is 0 Å². The second kappa shape index (κ2) is 3.42. The molecule has 1 aromatic heterocycles. The number of rotatable bonds is 3. The summed E-state index contributed by atoms with van der Waals surface area (Å²) in [6.45, 7) is 0.864. The lowest BCUT2D eigenvalue weighted by Gasteiger charge is -2.04. The van der Waals surface area contributed by atoms with Crippen LogP contribution in [0.2, 0.25) is 0 Å². The highest BCUT2D eigenvalue weighted by atomic mass is 16.2. The van der Waals surface area contributed by atoms with Crippen molar-refractivity contribution in [3.05, 3.63) is 32.6 Å². The molecule has 1 saturated carbocycles. The number of hydrogen-bond acceptors (Lipinski definition) is 3. The Morgan fingerprint density at radius 1 is 1.50 bits per heavy atom. The van der Waals surface area contributed by atoms with Crippen molar-refractivity contribution < 1.29 is 0 Å². The molecule has 1 aliphatic carbocycles. The van der Waals surface area contributed by atoms with Crippen LogP contribution in [-0.2, 0) is 13.1 Å². The lowest BCUT2D eigenvalue weighted by molar-refractivity contribution is 0.584. The van der Waals surface area contributed by atoms with E-state index in [2.05, 4.69) is 4.98 Å². The van der Waals surface area contributed by atoms with Crippen LogP contribution < -0.4 is 17.0 Å². The summed E-state index contributed by atoms with van der Waals surface area (Å²) in [5, 5.41) is 0. The lowest BCUT2D eigenvalue weighted by Crippen LogP contribution is -2.33. The Labute approximate surface area is 80.6 Å². The van der Waals surface area contributed by atoms with Crippen LogP contribution in [0.4, 0.5) is 0 Å². The molecule has 0 aliphatic heterocycles. The minimum Gasteiger partial charge on any atom is -0.326 e. The molecule has 1 aliphatic rings. The fourth-order valence-corrected chi connectivity index (χ4v) is 1.41. The zero-order chi connectivity index (χ0) is 10.1. The van der Waals surface area contributed by atoms with Crippen LogP contribution in [0.15, 0.2) is 15.8 Å². The standard InChI is InChI=1S/C9H13N3O2/c10-3-7-5-12(4-6-1-2-6)9(14)11-8(7)13/h5-6H,1-4,10H2,(H,11,13,14). The van der Waals surface area contributed by atoms with E-state index in [-0.39, 0.29) is 17.8 Å². The predicted molar refractivity (Wildman–Crippen MR) is 51.9 cm³/mol. The van der Waals surface area contributed by atoms with Crippen molar-refractivity contribution in [2.24, 2.45) is 11.7 Å². The molecule has 5 heteroatoms. The van der Waals surface area contributed by atoms with Gasteiger partial charge in [0.1, 0.15) is 0 Å². The molecule has 3 N–H and O–H groups in total. The molecule has 0 unspecified atom stereocenters. The summed E-state index contributed by atoms with van der Waals surface area (Å²) in [5.74, 6) is 0.601. The van der Waals surface area contributed by atoms with Gasteiger partial charge in [0.05, 0.1) is 0 Å². The molecule has 0 aromatic carbocycles. The molecule has 1 heterocycles. The van der Waals surface area contributed by atoms with Crippen molar-refractivity contribution >= 4 is 0 Å². The van der Waals surface area contributed by atoms with Crippen molar-refractivity contribution in [3.8, 4) is 0 Å². The molecule has 0 spiro atoms. The normalized spacial score (nSPS) is 15.8. The second-order valence-electron chi connectivity index (χ2n) is 3.71. The molecule has 1 aromatic rings. The van der Waals surface area contributed by atoms with Crippen LogP contribution in [0.25, 0.3) is 0 Å². The van der Waals surface area contributed by atoms with Crippen LogP contribution >= 0.6 is 0 Å². The first-order valence-electron chi connectivity index (χ1n) is 4.73. The van der Waals surface area contributed by atoms with Gasteiger partial charge >= 0.3 is 5.69 Å². The molecule has 0 radical (unpaired) electrons. The molecule has 0 amide bonds. The molecule has 0 atom stereocenters. The average Bonchev–Trinajstić information content (AvgIpc) is 2.93. The quantitative estimate of drug-likeness (QED) is 0.676. The zero-order valence-electron chi connectivity index (χ0n) is 7.82. The maximum atomic E-state index is 11.3. The molecule has 1 fully saturated rings. The molecule has 14 heavy (non-hydrogen) atoms. The maximum Gasteiger partial charge on any atom is 0.328 e. The molecule has 0 saturated heterocycles. The Balaban J connectivity index is 2.37. The summed E-state index contributed by atoms with van der Waals surface area (Å²) >= 11 is 0. The fraction of sp³-hybridized carbons (Fsp3) is 0.556. The van der Waals surface area contributed by atoms with Crippen LogP contribution in [0.5, 0.6) is 0 Å². The van der Waals surface area contributed by atoms with E-state index in [1.54, 1.807) is 10.8 Å². The van der Waals surface area contributed by atoms with E-state index in [0.29, 0.717) is 18.0 Å². The van der Waals surface area contributed by atoms with E-state index in [0.717, 1.165) is 0 Å². The van der Waals surface area contributed by atoms with Gasteiger partial charge in [0.25, 0.3) is 5.56 Å². The first-order chi connectivity index (χ1) is 6.70. The smallest absolute Gasteiger partial charge is 0.326 e. The topological polar surface area (TPSA) is 80.9 Å². The monoisotopic (exact) mass is 195 g/mol. The van der Waals surface area contributed by atoms with Crippen molar-refractivity contribution in [1.82, 2.24) is 9.55 Å². The number of H-pyrrole nitrogens is 1. The molecule has 0 bridgehead atoms. The number of nitrogens with one attached hydrogen (secondary N) is 1. The highest BCUT2D eigenvalue weighted by molar-refractivity contribution is 5.03. The van der Waals surface area contributed by atoms with Crippen molar-refractivity contribution in [2.45, 2.75) is 25.9 Å². The number of aromatic amines is 1. The van der Waals surface area contributed by atoms with Gasteiger partial charge in [-0.15, -0.1) is 0 Å². The van der Waals surface area contributed by atoms with E-state index in [4.69, 9.17) is 5.73 Å². The van der Waals surface area contributed by atoms with E-state index in [1.807, 2.05) is 0 Å². The second-order valence-corrected chi connectivity index (χ2v) is 3.71. The van der Waals surface area contributed by atoms with Crippen molar-refractivity contribution in [3.63, 3.8) is 0 Å². The molecule has 2 rings (SSSR count). The fourth-order valence-electron chi connectivity index (χ4n) is 1.41. The van der Waals surface area contributed by atoms with Gasteiger partial charge in [-0.25, -0.2) is 4.79 Å². The summed E-state index contributed by atoms with van der Waals surface area (Å²) in [5.41, 5.74) is 5.14. The predicted octanol–water partition coefficient (Wildman–Crippen LogP) is -0.595. The summed E-state index contributed by atoms with van der Waals surface area (Å²) < 4.78 is 1.54. The molecular formula is C9H13N3O2. The Morgan fingerprint density at radius 3 is 2.79 bits per heavy atom. The van der Waals surface area contributed by atoms with Gasteiger partial charge in [-0.05, 0) is 18.8 Å². The van der Waals surface area contributed by atoms with Gasteiger partial charge in [0, 0.05) is 24.8 Å². The molecule has 5 nitrogen and oxygen atoms in total. The molecule has 76 valence electrons. The SMILES string of the molecule is NCc1cn(CC2CC2)c(=O)[nH]c1=O. The Kier molecular flexibility index (Phi) is 2.25. The summed E-state index contributed by atoms with van der Waals surface area (Å²) in [6, 6.07) is 0. The largest absolute Gasteiger partial charge is 0.328 e. The summed E-state index contributed by atoms with van der Waals surface area (Å²) in [7, 11) is 0. The highest BCUT2D eigenvalue weighted by Crippen LogP contribution is 2.29. The van der Waals surface area contributed by atoms with E-state index in [9.17, 15) is 9.59 Å². The lowest BCUT2D eigenvalue weighted by atomic mass is 10.3. The van der Waals surface area contributed by atoms with Crippen LogP contribution in [0.3, 0.4) is 0 Å². The number of nitrogens with zero attached hydrogens (tertiary/aromatic N) is 1. The number of aromatic nitrogens is 2. The van der Waals surface area contributed by atoms with E-state index < -0.39 is 0 Å². The third-order valence-electron chi connectivity index (χ3n) is 2.46. The van der Waals surface area contributed by atoms with Gasteiger partial charge in [0.15, 0.2) is 0 Å². The average molecular weight is 195 g/mol. The Morgan fingerprint density at radius 2 is 2.21 bits per heavy atom. The minimum atomic E-state index is -0.371. The van der Waals surface area contributed by atoms with Gasteiger partial charge in [-0.2, -0.15) is 0 Å². The van der Waals surface area contributed by atoms with Crippen molar-refractivity contribution in [1.29, 1.82) is 0 Å². The molecular weight excluding hydrogens is 182 g/mol. The number of nitrogens with two attached hydrogens (primary N) is 1. The van der Waals surface area contributed by atoms with Crippen LogP contribution in [-0.4, -0.2) is 9.55 Å². The first-order valence-corrected chi connectivity index (χ1v) is 4.73. The number of hydrogen-bond donors (Lipinski definition) is 2. The maximum absolute atomic E-state index is 11.3. The van der Waals surface area contributed by atoms with Gasteiger partial charge in [-0.1, -0.05) is 0 Å².